The summed E-state index contributed by atoms with van der Waals surface area (Å²) in [5.41, 5.74) is 2.99. The van der Waals surface area contributed by atoms with E-state index in [1.54, 1.807) is 0 Å². The highest BCUT2D eigenvalue weighted by molar-refractivity contribution is 5.94. The second-order valence-corrected chi connectivity index (χ2v) is 7.76. The van der Waals surface area contributed by atoms with E-state index in [9.17, 15) is 4.79 Å². The van der Waals surface area contributed by atoms with Crippen LogP contribution in [0.1, 0.15) is 66.3 Å². The largest absolute Gasteiger partial charge is 0.370 e. The van der Waals surface area contributed by atoms with Gasteiger partial charge in [0.25, 0.3) is 5.91 Å². The molecule has 1 fully saturated rings. The van der Waals surface area contributed by atoms with E-state index in [-0.39, 0.29) is 5.91 Å². The Bertz CT molecular complexity index is 767. The monoisotopic (exact) mass is 380 g/mol. The molecule has 1 amide bonds. The van der Waals surface area contributed by atoms with Crippen molar-refractivity contribution in [3.05, 3.63) is 53.0 Å². The topological polar surface area (TPSA) is 66.9 Å². The maximum Gasteiger partial charge on any atom is 0.251 e. The lowest BCUT2D eigenvalue weighted by Gasteiger charge is -2.21. The van der Waals surface area contributed by atoms with Crippen LogP contribution in [0.4, 0.5) is 5.82 Å². The van der Waals surface area contributed by atoms with Crippen molar-refractivity contribution in [2.24, 2.45) is 5.92 Å². The third-order valence-corrected chi connectivity index (χ3v) is 5.50. The molecule has 1 aromatic carbocycles. The van der Waals surface area contributed by atoms with Gasteiger partial charge in [-0.25, -0.2) is 9.97 Å². The third-order valence-electron chi connectivity index (χ3n) is 5.50. The third kappa shape index (κ3) is 5.78. The van der Waals surface area contributed by atoms with Crippen LogP contribution in [0.25, 0.3) is 0 Å². The van der Waals surface area contributed by atoms with Gasteiger partial charge in [-0.05, 0) is 56.7 Å². The molecule has 3 rings (SSSR count). The minimum absolute atomic E-state index is 0.0364. The quantitative estimate of drug-likeness (QED) is 0.716. The van der Waals surface area contributed by atoms with Crippen molar-refractivity contribution < 1.29 is 4.79 Å². The Balaban J connectivity index is 1.50. The molecular weight excluding hydrogens is 348 g/mol. The Morgan fingerprint density at radius 2 is 1.86 bits per heavy atom. The van der Waals surface area contributed by atoms with Crippen molar-refractivity contribution in [3.63, 3.8) is 0 Å². The number of hydrogen-bond donors (Lipinski definition) is 2. The summed E-state index contributed by atoms with van der Waals surface area (Å²) in [7, 11) is 0. The van der Waals surface area contributed by atoms with Gasteiger partial charge in [0, 0.05) is 36.8 Å². The number of aryl methyl sites for hydroxylation is 3. The number of hydrogen-bond acceptors (Lipinski definition) is 4. The summed E-state index contributed by atoms with van der Waals surface area (Å²) in [6.07, 6.45) is 9.96. The summed E-state index contributed by atoms with van der Waals surface area (Å²) in [6.45, 7) is 5.73. The number of nitrogens with one attached hydrogen (secondary N) is 2. The van der Waals surface area contributed by atoms with Crippen LogP contribution in [0.5, 0.6) is 0 Å². The minimum atomic E-state index is 0.0364. The van der Waals surface area contributed by atoms with Gasteiger partial charge >= 0.3 is 0 Å². The molecule has 5 nitrogen and oxygen atoms in total. The highest BCUT2D eigenvalue weighted by Crippen LogP contribution is 2.22. The lowest BCUT2D eigenvalue weighted by Crippen LogP contribution is -2.30. The number of nitrogens with zero attached hydrogens (tertiary/aromatic N) is 2. The number of rotatable bonds is 8. The Labute approximate surface area is 168 Å². The first-order chi connectivity index (χ1) is 13.7. The zero-order chi connectivity index (χ0) is 19.8. The lowest BCUT2D eigenvalue weighted by atomic mass is 9.89. The van der Waals surface area contributed by atoms with Gasteiger partial charge in [0.15, 0.2) is 0 Å². The fourth-order valence-electron chi connectivity index (χ4n) is 3.75. The average molecular weight is 381 g/mol. The Morgan fingerprint density at radius 1 is 1.11 bits per heavy atom. The average Bonchev–Trinajstić information content (AvgIpc) is 2.74. The van der Waals surface area contributed by atoms with Crippen LogP contribution in [0.3, 0.4) is 0 Å². The lowest BCUT2D eigenvalue weighted by molar-refractivity contribution is 0.0943. The van der Waals surface area contributed by atoms with Gasteiger partial charge < -0.3 is 10.6 Å². The summed E-state index contributed by atoms with van der Waals surface area (Å²) in [5.74, 6) is 2.45. The molecule has 5 heteroatoms. The molecule has 0 bridgehead atoms. The molecule has 1 heterocycles. The zero-order valence-corrected chi connectivity index (χ0v) is 17.1. The number of amides is 1. The van der Waals surface area contributed by atoms with Crippen LogP contribution in [0.2, 0.25) is 0 Å². The highest BCUT2D eigenvalue weighted by atomic mass is 16.1. The van der Waals surface area contributed by atoms with Crippen molar-refractivity contribution in [1.29, 1.82) is 0 Å². The molecule has 0 radical (unpaired) electrons. The molecule has 0 saturated heterocycles. The zero-order valence-electron chi connectivity index (χ0n) is 17.1. The SMILES string of the molecule is CCNc1nc(CCc2ccc(C(=O)NCC3CCCCC3)cc2)ncc1C. The fourth-order valence-corrected chi connectivity index (χ4v) is 3.75. The Hall–Kier alpha value is -2.43. The van der Waals surface area contributed by atoms with Crippen molar-refractivity contribution in [2.75, 3.05) is 18.4 Å². The summed E-state index contributed by atoms with van der Waals surface area (Å²) in [5, 5.41) is 6.38. The first-order valence-electron chi connectivity index (χ1n) is 10.6. The van der Waals surface area contributed by atoms with E-state index < -0.39 is 0 Å². The molecule has 150 valence electrons. The van der Waals surface area contributed by atoms with Gasteiger partial charge in [-0.3, -0.25) is 4.79 Å². The summed E-state index contributed by atoms with van der Waals surface area (Å²) >= 11 is 0. The first-order valence-corrected chi connectivity index (χ1v) is 10.6. The first kappa shape index (κ1) is 20.3. The predicted octanol–water partition coefficient (Wildman–Crippen LogP) is 4.31. The summed E-state index contributed by atoms with van der Waals surface area (Å²) in [6, 6.07) is 7.92. The Morgan fingerprint density at radius 3 is 2.57 bits per heavy atom. The van der Waals surface area contributed by atoms with Crippen LogP contribution in [-0.2, 0) is 12.8 Å². The number of anilines is 1. The van der Waals surface area contributed by atoms with Gasteiger partial charge in [0.05, 0.1) is 0 Å². The number of carbonyl (C=O) groups is 1. The molecule has 0 unspecified atom stereocenters. The molecule has 2 N–H and O–H groups in total. The molecule has 1 aromatic heterocycles. The molecular formula is C23H32N4O. The van der Waals surface area contributed by atoms with E-state index in [0.29, 0.717) is 5.92 Å². The van der Waals surface area contributed by atoms with Crippen LogP contribution < -0.4 is 10.6 Å². The van der Waals surface area contributed by atoms with Crippen LogP contribution in [0.15, 0.2) is 30.5 Å². The molecule has 0 atom stereocenters. The Kier molecular flexibility index (Phi) is 7.40. The van der Waals surface area contributed by atoms with Gasteiger partial charge in [0.1, 0.15) is 11.6 Å². The maximum absolute atomic E-state index is 12.4. The molecule has 0 aliphatic heterocycles. The molecule has 1 aliphatic rings. The second-order valence-electron chi connectivity index (χ2n) is 7.76. The van der Waals surface area contributed by atoms with E-state index >= 15 is 0 Å². The van der Waals surface area contributed by atoms with E-state index in [1.807, 2.05) is 37.4 Å². The summed E-state index contributed by atoms with van der Waals surface area (Å²) in [4.78, 5) is 21.4. The minimum Gasteiger partial charge on any atom is -0.370 e. The van der Waals surface area contributed by atoms with Crippen molar-refractivity contribution in [3.8, 4) is 0 Å². The smallest absolute Gasteiger partial charge is 0.251 e. The second kappa shape index (κ2) is 10.2. The van der Waals surface area contributed by atoms with Gasteiger partial charge in [0.2, 0.25) is 0 Å². The van der Waals surface area contributed by atoms with E-state index in [4.69, 9.17) is 0 Å². The van der Waals surface area contributed by atoms with Crippen LogP contribution in [0, 0.1) is 12.8 Å². The summed E-state index contributed by atoms with van der Waals surface area (Å²) < 4.78 is 0. The maximum atomic E-state index is 12.4. The number of aromatic nitrogens is 2. The van der Waals surface area contributed by atoms with Gasteiger partial charge in [-0.2, -0.15) is 0 Å². The van der Waals surface area contributed by atoms with Crippen LogP contribution >= 0.6 is 0 Å². The van der Waals surface area contributed by atoms with Crippen molar-refractivity contribution in [1.82, 2.24) is 15.3 Å². The molecule has 0 spiro atoms. The van der Waals surface area contributed by atoms with Crippen LogP contribution in [-0.4, -0.2) is 29.0 Å². The predicted molar refractivity (Wildman–Crippen MR) is 114 cm³/mol. The van der Waals surface area contributed by atoms with E-state index in [1.165, 1.54) is 37.7 Å². The normalized spacial score (nSPS) is 14.6. The number of benzene rings is 1. The van der Waals surface area contributed by atoms with E-state index in [2.05, 4.69) is 27.5 Å². The molecule has 1 aliphatic carbocycles. The van der Waals surface area contributed by atoms with Crippen molar-refractivity contribution in [2.45, 2.75) is 58.8 Å². The standard InChI is InChI=1S/C23H32N4O/c1-3-24-22-17(2)15-25-21(27-22)14-11-18-9-12-20(13-10-18)23(28)26-16-19-7-5-4-6-8-19/h9-10,12-13,15,19H,3-8,11,14,16H2,1-2H3,(H,26,28)(H,24,25,27). The van der Waals surface area contributed by atoms with Crippen molar-refractivity contribution >= 4 is 11.7 Å². The highest BCUT2D eigenvalue weighted by Gasteiger charge is 2.15. The van der Waals surface area contributed by atoms with Gasteiger partial charge in [-0.15, -0.1) is 0 Å². The molecule has 1 saturated carbocycles. The molecule has 2 aromatic rings. The van der Waals surface area contributed by atoms with E-state index in [0.717, 1.165) is 48.7 Å². The fraction of sp³-hybridized carbons (Fsp3) is 0.522. The van der Waals surface area contributed by atoms with Gasteiger partial charge in [-0.1, -0.05) is 31.4 Å². The number of carbonyl (C=O) groups excluding carboxylic acids is 1. The molecule has 28 heavy (non-hydrogen) atoms.